The third-order valence-electron chi connectivity index (χ3n) is 1.91. The fraction of sp³-hybridized carbons (Fsp3) is 1.00. The van der Waals surface area contributed by atoms with Gasteiger partial charge in [0.1, 0.15) is 5.75 Å². The van der Waals surface area contributed by atoms with E-state index in [1.165, 1.54) is 0 Å². The molecule has 0 aliphatic heterocycles. The molecule has 0 aliphatic carbocycles. The monoisotopic (exact) mass is 216 g/mol. The van der Waals surface area contributed by atoms with E-state index in [2.05, 4.69) is 0 Å². The lowest BCUT2D eigenvalue weighted by molar-refractivity contribution is -0.105. The van der Waals surface area contributed by atoms with Gasteiger partial charge in [0.2, 0.25) is 0 Å². The van der Waals surface area contributed by atoms with Crippen molar-refractivity contribution in [2.75, 3.05) is 11.5 Å². The Morgan fingerprint density at radius 2 is 1.69 bits per heavy atom. The van der Waals surface area contributed by atoms with Crippen LogP contribution in [0, 0.1) is 11.8 Å². The van der Waals surface area contributed by atoms with Crippen LogP contribution < -0.4 is 0 Å². The second-order valence-corrected chi connectivity index (χ2v) is 5.09. The zero-order chi connectivity index (χ0) is 10.6. The van der Waals surface area contributed by atoms with Crippen LogP contribution >= 0.6 is 0 Å². The predicted octanol–water partition coefficient (Wildman–Crippen LogP) is 2.59. The summed E-state index contributed by atoms with van der Waals surface area (Å²) in [4.78, 5) is 0. The molecule has 0 saturated carbocycles. The molecule has 0 heterocycles. The molecule has 0 fully saturated rings. The first-order valence-electron chi connectivity index (χ1n) is 4.14. The zero-order valence-electron chi connectivity index (χ0n) is 8.02. The lowest BCUT2D eigenvalue weighted by Crippen LogP contribution is -2.24. The van der Waals surface area contributed by atoms with Crippen LogP contribution in [0.4, 0.5) is 13.2 Å². The standard InChI is InChI=1S/C8H15F3OS/c1-6(2)7(3)4-13(12)5-8(9,10)11/h6-7H,4-5H2,1-3H3/t7-,13?/m0/s1. The highest BCUT2D eigenvalue weighted by molar-refractivity contribution is 7.85. The zero-order valence-corrected chi connectivity index (χ0v) is 8.84. The van der Waals surface area contributed by atoms with Gasteiger partial charge in [-0.3, -0.25) is 4.21 Å². The summed E-state index contributed by atoms with van der Waals surface area (Å²) >= 11 is 0. The highest BCUT2D eigenvalue weighted by atomic mass is 32.2. The molecule has 0 saturated heterocycles. The maximum atomic E-state index is 11.8. The second kappa shape index (κ2) is 4.98. The molecule has 1 unspecified atom stereocenters. The van der Waals surface area contributed by atoms with E-state index in [1.54, 1.807) is 0 Å². The van der Waals surface area contributed by atoms with Crippen molar-refractivity contribution >= 4 is 10.8 Å². The number of alkyl halides is 3. The minimum Gasteiger partial charge on any atom is -0.259 e. The molecular weight excluding hydrogens is 201 g/mol. The van der Waals surface area contributed by atoms with E-state index in [0.29, 0.717) is 0 Å². The summed E-state index contributed by atoms with van der Waals surface area (Å²) in [5.74, 6) is -0.693. The van der Waals surface area contributed by atoms with Crippen LogP contribution in [-0.2, 0) is 10.8 Å². The highest BCUT2D eigenvalue weighted by Gasteiger charge is 2.30. The van der Waals surface area contributed by atoms with Crippen LogP contribution in [0.5, 0.6) is 0 Å². The number of rotatable bonds is 4. The quantitative estimate of drug-likeness (QED) is 0.706. The lowest BCUT2D eigenvalue weighted by atomic mass is 10.0. The van der Waals surface area contributed by atoms with Gasteiger partial charge in [-0.15, -0.1) is 0 Å². The molecule has 80 valence electrons. The van der Waals surface area contributed by atoms with Crippen molar-refractivity contribution in [3.05, 3.63) is 0 Å². The van der Waals surface area contributed by atoms with Gasteiger partial charge in [-0.05, 0) is 11.8 Å². The summed E-state index contributed by atoms with van der Waals surface area (Å²) in [7, 11) is -1.77. The molecule has 0 aromatic heterocycles. The Bertz CT molecular complexity index is 177. The third kappa shape index (κ3) is 7.05. The van der Waals surface area contributed by atoms with E-state index in [0.717, 1.165) is 0 Å². The van der Waals surface area contributed by atoms with Crippen molar-refractivity contribution in [3.63, 3.8) is 0 Å². The Balaban J connectivity index is 3.89. The lowest BCUT2D eigenvalue weighted by Gasteiger charge is -2.15. The first-order chi connectivity index (χ1) is 5.72. The Labute approximate surface area is 79.2 Å². The van der Waals surface area contributed by atoms with E-state index in [1.807, 2.05) is 20.8 Å². The first-order valence-corrected chi connectivity index (χ1v) is 5.63. The molecule has 0 bridgehead atoms. The smallest absolute Gasteiger partial charge is 0.259 e. The molecule has 0 aromatic carbocycles. The molecule has 5 heteroatoms. The maximum Gasteiger partial charge on any atom is 0.400 e. The second-order valence-electron chi connectivity index (χ2n) is 3.59. The van der Waals surface area contributed by atoms with Gasteiger partial charge in [0.05, 0.1) is 0 Å². The molecule has 0 amide bonds. The first kappa shape index (κ1) is 12.9. The molecule has 1 nitrogen and oxygen atoms in total. The molecule has 0 aliphatic rings. The highest BCUT2D eigenvalue weighted by Crippen LogP contribution is 2.18. The molecule has 0 rings (SSSR count). The van der Waals surface area contributed by atoms with Gasteiger partial charge in [0.15, 0.2) is 0 Å². The minimum absolute atomic E-state index is 0.0724. The Kier molecular flexibility index (Phi) is 4.96. The molecule has 0 aromatic rings. The van der Waals surface area contributed by atoms with Crippen molar-refractivity contribution in [1.82, 2.24) is 0 Å². The van der Waals surface area contributed by atoms with E-state index in [9.17, 15) is 17.4 Å². The van der Waals surface area contributed by atoms with Crippen molar-refractivity contribution in [1.29, 1.82) is 0 Å². The van der Waals surface area contributed by atoms with Crippen LogP contribution in [0.2, 0.25) is 0 Å². The average Bonchev–Trinajstić information content (AvgIpc) is 1.81. The van der Waals surface area contributed by atoms with Gasteiger partial charge in [-0.25, -0.2) is 0 Å². The Morgan fingerprint density at radius 1 is 1.23 bits per heavy atom. The summed E-state index contributed by atoms with van der Waals surface area (Å²) in [6, 6.07) is 0. The van der Waals surface area contributed by atoms with Crippen molar-refractivity contribution in [3.8, 4) is 0 Å². The predicted molar refractivity (Wildman–Crippen MR) is 47.9 cm³/mol. The average molecular weight is 216 g/mol. The fourth-order valence-corrected chi connectivity index (χ4v) is 2.18. The van der Waals surface area contributed by atoms with E-state index in [-0.39, 0.29) is 17.6 Å². The van der Waals surface area contributed by atoms with Crippen LogP contribution in [0.25, 0.3) is 0 Å². The summed E-state index contributed by atoms with van der Waals surface area (Å²) in [5.41, 5.74) is 0. The molecule has 2 atom stereocenters. The van der Waals surface area contributed by atoms with Crippen LogP contribution in [0.1, 0.15) is 20.8 Å². The summed E-state index contributed by atoms with van der Waals surface area (Å²) in [5, 5.41) is 0. The fourth-order valence-electron chi connectivity index (χ4n) is 0.727. The number of hydrogen-bond acceptors (Lipinski definition) is 1. The SMILES string of the molecule is CC(C)[C@@H](C)CS(=O)CC(F)(F)F. The normalized spacial score (nSPS) is 17.5. The molecular formula is C8H15F3OS. The topological polar surface area (TPSA) is 17.1 Å². The third-order valence-corrected chi connectivity index (χ3v) is 3.46. The van der Waals surface area contributed by atoms with E-state index in [4.69, 9.17) is 0 Å². The number of hydrogen-bond donors (Lipinski definition) is 0. The Morgan fingerprint density at radius 3 is 2.00 bits per heavy atom. The van der Waals surface area contributed by atoms with Crippen LogP contribution in [0.3, 0.4) is 0 Å². The molecule has 0 N–H and O–H groups in total. The summed E-state index contributed by atoms with van der Waals surface area (Å²) in [6.45, 7) is 5.64. The Hall–Kier alpha value is -0.0600. The van der Waals surface area contributed by atoms with E-state index >= 15 is 0 Å². The molecule has 13 heavy (non-hydrogen) atoms. The van der Waals surface area contributed by atoms with Gasteiger partial charge in [-0.2, -0.15) is 13.2 Å². The van der Waals surface area contributed by atoms with Gasteiger partial charge in [0.25, 0.3) is 0 Å². The van der Waals surface area contributed by atoms with Gasteiger partial charge in [-0.1, -0.05) is 20.8 Å². The van der Waals surface area contributed by atoms with Gasteiger partial charge < -0.3 is 0 Å². The van der Waals surface area contributed by atoms with Gasteiger partial charge >= 0.3 is 6.18 Å². The van der Waals surface area contributed by atoms with Crippen molar-refractivity contribution in [2.24, 2.45) is 11.8 Å². The largest absolute Gasteiger partial charge is 0.400 e. The summed E-state index contributed by atoms with van der Waals surface area (Å²) < 4.78 is 46.3. The van der Waals surface area contributed by atoms with Crippen molar-refractivity contribution in [2.45, 2.75) is 26.9 Å². The summed E-state index contributed by atoms with van der Waals surface area (Å²) in [6.07, 6.45) is -4.30. The maximum absolute atomic E-state index is 11.8. The van der Waals surface area contributed by atoms with Crippen LogP contribution in [-0.4, -0.2) is 21.9 Å². The van der Waals surface area contributed by atoms with Crippen LogP contribution in [0.15, 0.2) is 0 Å². The molecule has 0 radical (unpaired) electrons. The minimum atomic E-state index is -4.30. The van der Waals surface area contributed by atoms with Gasteiger partial charge in [0, 0.05) is 16.6 Å². The molecule has 0 spiro atoms. The number of halogens is 3. The van der Waals surface area contributed by atoms with Crippen molar-refractivity contribution < 1.29 is 17.4 Å². The van der Waals surface area contributed by atoms with E-state index < -0.39 is 22.7 Å².